The molecule has 0 saturated carbocycles. The average Bonchev–Trinajstić information content (AvgIpc) is 1.53. The highest BCUT2D eigenvalue weighted by atomic mass is 32.2. The largest absolute Gasteiger partial charge is 0.394 e. The topological polar surface area (TPSA) is 613 Å². The van der Waals surface area contributed by atoms with E-state index >= 15 is 19.2 Å². The smallest absolute Gasteiger partial charge is 0.246 e. The summed E-state index contributed by atoms with van der Waals surface area (Å²) in [6, 6.07) is 4.59. The molecule has 2 fully saturated rings. The molecule has 0 spiro atoms. The van der Waals surface area contributed by atoms with Gasteiger partial charge in [-0.25, -0.2) is 4.98 Å². The van der Waals surface area contributed by atoms with Gasteiger partial charge in [-0.1, -0.05) is 120 Å². The Hall–Kier alpha value is -13.0. The summed E-state index contributed by atoms with van der Waals surface area (Å²) in [6.45, 7) is 6.25. The van der Waals surface area contributed by atoms with E-state index in [0.29, 0.717) is 76.3 Å². The van der Waals surface area contributed by atoms with Crippen molar-refractivity contribution in [1.29, 1.82) is 5.41 Å². The number of H-pyrrole nitrogens is 3. The molecule has 5 heterocycles. The molecule has 2 aliphatic heterocycles. The van der Waals surface area contributed by atoms with Gasteiger partial charge in [-0.3, -0.25) is 82.1 Å². The quantitative estimate of drug-likeness (QED) is 0.0159. The van der Waals surface area contributed by atoms with E-state index in [0.717, 1.165) is 21.6 Å². The number of carbonyl (C=O) groups is 16. The molecule has 706 valence electrons. The van der Waals surface area contributed by atoms with Crippen LogP contribution in [0.2, 0.25) is 0 Å². The van der Waals surface area contributed by atoms with Crippen LogP contribution < -0.4 is 81.0 Å². The van der Waals surface area contributed by atoms with Crippen molar-refractivity contribution in [2.45, 2.75) is 216 Å². The maximum Gasteiger partial charge on any atom is 0.246 e. The minimum Gasteiger partial charge on any atom is -0.394 e. The zero-order chi connectivity index (χ0) is 94.8. The Bertz CT molecular complexity index is 4910. The lowest BCUT2D eigenvalue weighted by atomic mass is 10.00. The average molecular weight is 1820 g/mol. The van der Waals surface area contributed by atoms with Crippen LogP contribution in [0.5, 0.6) is 0 Å². The van der Waals surface area contributed by atoms with Crippen LogP contribution >= 0.6 is 11.8 Å². The molecule has 2 aliphatic rings. The summed E-state index contributed by atoms with van der Waals surface area (Å²) in [7, 11) is 4.01. The molecule has 41 nitrogen and oxygen atoms in total. The molecule has 6 aromatic rings. The minimum atomic E-state index is -1.81. The first-order valence-corrected chi connectivity index (χ1v) is 45.0. The van der Waals surface area contributed by atoms with Crippen molar-refractivity contribution in [3.05, 3.63) is 126 Å². The maximum absolute atomic E-state index is 15.7. The SMILES string of the molecule is CCCCC1C(=O)N(C)C(CCCC)C(=O)NC(CCCNC(=N)N)C(=O)NC(C(=O)NCC(N)=O)CSCC(=O)NC(Cc2ccccc2)C(=O)N(C)C(C)C(=O)NC(CC(N)=O)C(=O)N2CCCC2C(=O)NC(Cc2cnc[nH]2)CNC(CC(C)C)C(=O)NCC(=O)NC(Cc2c[nH]c3ccccc23)C(=O)NC(CO)C(=O)NC(Cc2c[nH]c3ccccc23)C(=O)N1C. The number of nitrogens with zero attached hydrogens (tertiary/aromatic N) is 5. The molecule has 16 amide bonds. The van der Waals surface area contributed by atoms with Crippen molar-refractivity contribution in [3.63, 3.8) is 0 Å². The molecule has 0 radical (unpaired) electrons. The van der Waals surface area contributed by atoms with Crippen LogP contribution in [0, 0.1) is 11.3 Å². The molecule has 0 aliphatic carbocycles. The van der Waals surface area contributed by atoms with E-state index in [9.17, 15) is 62.6 Å². The zero-order valence-electron chi connectivity index (χ0n) is 74.7. The molecule has 3 aromatic heterocycles. The van der Waals surface area contributed by atoms with Crippen LogP contribution in [0.15, 0.2) is 104 Å². The van der Waals surface area contributed by atoms with E-state index in [1.807, 2.05) is 27.7 Å². The molecule has 3 aromatic carbocycles. The standard InChI is InChI=1S/C88H126N24O17S/c1-9-11-29-69-82(124)104-61(28-20-32-94-88(91)92)79(121)108-68(78(120)98-44-73(90)115)47-130-48-75(117)103-64(35-52-22-14-13-15-23-52)84(126)109(6)51(5)76(118)105-66(39-72(89)114)86(128)112-33-21-31-70(112)83(125)101-56(38-55-42-93-49-100-55)43-97-62(34-50(3)4)77(119)99-45-74(116)102-63(36-53-40-95-59-26-18-16-24-57(53)59)80(122)107-67(46-113)81(123)106-65(37-54-41-96-60-27-19-17-25-58(54)60)85(127)111(8)71(30-12-10-2)87(129)110(69)7/h13-19,22-27,40-42,49-51,56,61-71,95-97,113H,9-12,20-21,28-39,43-48H2,1-8H3,(H2,89,114)(H2,90,115)(H,93,100)(H,98,120)(H,99,119)(H,101,125)(H,102,116)(H,103,117)(H,104,124)(H,105,118)(H,106,123)(H,107,122)(H,108,121)(H4,91,92,94). The number of nitrogens with two attached hydrogens (primary N) is 3. The Labute approximate surface area is 758 Å². The number of hydrogen-bond donors (Lipinski definition) is 20. The maximum atomic E-state index is 15.7. The molecule has 42 heteroatoms. The summed E-state index contributed by atoms with van der Waals surface area (Å²) in [4.78, 5) is 251. The molecule has 13 atom stereocenters. The van der Waals surface area contributed by atoms with Gasteiger partial charge in [0.15, 0.2) is 5.96 Å². The predicted octanol–water partition coefficient (Wildman–Crippen LogP) is -2.01. The van der Waals surface area contributed by atoms with Crippen molar-refractivity contribution >= 4 is 134 Å². The number of aromatic nitrogens is 4. The summed E-state index contributed by atoms with van der Waals surface area (Å²) in [6.07, 6.45) is 7.29. The third kappa shape index (κ3) is 30.3. The van der Waals surface area contributed by atoms with Gasteiger partial charge in [0.2, 0.25) is 94.5 Å². The zero-order valence-corrected chi connectivity index (χ0v) is 75.5. The van der Waals surface area contributed by atoms with Crippen molar-refractivity contribution in [2.75, 3.05) is 72.0 Å². The number of para-hydroxylation sites is 2. The van der Waals surface area contributed by atoms with Gasteiger partial charge in [-0.15, -0.1) is 11.8 Å². The molecular formula is C88H126N24O17S. The van der Waals surface area contributed by atoms with Crippen molar-refractivity contribution in [2.24, 2.45) is 23.1 Å². The van der Waals surface area contributed by atoms with Crippen LogP contribution in [0.1, 0.15) is 134 Å². The lowest BCUT2D eigenvalue weighted by Crippen LogP contribution is -2.61. The number of aliphatic hydroxyl groups excluding tert-OH is 1. The van der Waals surface area contributed by atoms with Gasteiger partial charge < -0.3 is 121 Å². The lowest BCUT2D eigenvalue weighted by molar-refractivity contribution is -0.149. The van der Waals surface area contributed by atoms with E-state index in [-0.39, 0.29) is 89.8 Å². The number of carbonyl (C=O) groups excluding carboxylic acids is 16. The highest BCUT2D eigenvalue weighted by Gasteiger charge is 2.43. The summed E-state index contributed by atoms with van der Waals surface area (Å²) in [5.41, 5.74) is 20.4. The van der Waals surface area contributed by atoms with Crippen molar-refractivity contribution < 1.29 is 81.8 Å². The third-order valence-electron chi connectivity index (χ3n) is 22.9. The molecule has 13 unspecified atom stereocenters. The number of imidazole rings is 1. The number of amides is 16. The lowest BCUT2D eigenvalue weighted by Gasteiger charge is -2.36. The molecule has 130 heavy (non-hydrogen) atoms. The number of fused-ring (bicyclic) bond motifs is 3. The molecule has 8 rings (SSSR count). The summed E-state index contributed by atoms with van der Waals surface area (Å²) < 4.78 is 0. The van der Waals surface area contributed by atoms with E-state index in [1.165, 1.54) is 50.4 Å². The van der Waals surface area contributed by atoms with Gasteiger partial charge in [0.05, 0.1) is 44.2 Å². The molecule has 0 bridgehead atoms. The second-order valence-corrected chi connectivity index (χ2v) is 34.3. The Morgan fingerprint density at radius 3 is 1.76 bits per heavy atom. The highest BCUT2D eigenvalue weighted by Crippen LogP contribution is 2.26. The van der Waals surface area contributed by atoms with Crippen molar-refractivity contribution in [3.8, 4) is 0 Å². The minimum absolute atomic E-state index is 0.00471. The summed E-state index contributed by atoms with van der Waals surface area (Å²) in [5, 5.41) is 53.0. The van der Waals surface area contributed by atoms with E-state index in [1.54, 1.807) is 91.3 Å². The first kappa shape index (κ1) is 102. The number of rotatable bonds is 26. The molecular weight excluding hydrogens is 1700 g/mol. The number of aliphatic hydroxyl groups is 1. The van der Waals surface area contributed by atoms with E-state index < -0.39 is 217 Å². The van der Waals surface area contributed by atoms with Crippen LogP contribution in [0.25, 0.3) is 21.8 Å². The van der Waals surface area contributed by atoms with Crippen molar-refractivity contribution in [1.82, 2.24) is 103 Å². The van der Waals surface area contributed by atoms with Gasteiger partial charge in [0.25, 0.3) is 0 Å². The number of hydrogen-bond acceptors (Lipinski definition) is 21. The second kappa shape index (κ2) is 50.7. The first-order chi connectivity index (χ1) is 62.1. The van der Waals surface area contributed by atoms with Crippen LogP contribution in [0.3, 0.4) is 0 Å². The van der Waals surface area contributed by atoms with E-state index in [4.69, 9.17) is 22.6 Å². The number of likely N-dealkylation sites (N-methyl/N-ethyl adjacent to an activating group) is 3. The Morgan fingerprint density at radius 1 is 0.569 bits per heavy atom. The number of benzene rings is 3. The second-order valence-electron chi connectivity index (χ2n) is 33.2. The molecule has 23 N–H and O–H groups in total. The fraction of sp³-hybridized carbons (Fsp3) is 0.523. The van der Waals surface area contributed by atoms with Gasteiger partial charge >= 0.3 is 0 Å². The molecule has 2 saturated heterocycles. The normalized spacial score (nSPS) is 23.6. The van der Waals surface area contributed by atoms with Crippen LogP contribution in [-0.4, -0.2) is 296 Å². The highest BCUT2D eigenvalue weighted by molar-refractivity contribution is 8.00. The number of unbranched alkanes of at least 4 members (excludes halogenated alkanes) is 2. The van der Waals surface area contributed by atoms with Crippen LogP contribution in [0.4, 0.5) is 0 Å². The van der Waals surface area contributed by atoms with Gasteiger partial charge in [-0.05, 0) is 86.6 Å². The van der Waals surface area contributed by atoms with E-state index in [2.05, 4.69) is 83.7 Å². The predicted molar refractivity (Wildman–Crippen MR) is 485 cm³/mol. The number of aromatic amines is 3. The number of nitrogens with one attached hydrogen (secondary N) is 16. The summed E-state index contributed by atoms with van der Waals surface area (Å²) >= 11 is 0.809. The Morgan fingerprint density at radius 2 is 1.15 bits per heavy atom. The third-order valence-corrected chi connectivity index (χ3v) is 23.9. The monoisotopic (exact) mass is 1820 g/mol. The first-order valence-electron chi connectivity index (χ1n) is 43.8. The Balaban J connectivity index is 1.16. The fourth-order valence-corrected chi connectivity index (χ4v) is 16.5. The number of thioether (sulfide) groups is 1. The Kier molecular flexibility index (Phi) is 39.9. The summed E-state index contributed by atoms with van der Waals surface area (Å²) in [5.74, 6) is -15.3. The van der Waals surface area contributed by atoms with Crippen LogP contribution in [-0.2, 0) is 102 Å². The van der Waals surface area contributed by atoms with Gasteiger partial charge in [0.1, 0.15) is 66.5 Å². The van der Waals surface area contributed by atoms with Gasteiger partial charge in [-0.2, -0.15) is 0 Å². The fourth-order valence-electron chi connectivity index (χ4n) is 15.6. The number of primary amides is 2. The van der Waals surface area contributed by atoms with Gasteiger partial charge in [0, 0.05) is 124 Å². The number of guanidine groups is 1.